The Morgan fingerprint density at radius 2 is 1.86 bits per heavy atom. The van der Waals surface area contributed by atoms with Crippen LogP contribution < -0.4 is 5.32 Å². The van der Waals surface area contributed by atoms with Crippen LogP contribution in [0.25, 0.3) is 10.8 Å². The minimum Gasteiger partial charge on any atom is -0.481 e. The van der Waals surface area contributed by atoms with Crippen molar-refractivity contribution in [2.45, 2.75) is 26.2 Å². The van der Waals surface area contributed by atoms with Crippen LogP contribution in [0.4, 0.5) is 0 Å². The van der Waals surface area contributed by atoms with Gasteiger partial charge in [0, 0.05) is 12.7 Å². The van der Waals surface area contributed by atoms with Gasteiger partial charge in [0.2, 0.25) is 0 Å². The summed E-state index contributed by atoms with van der Waals surface area (Å²) in [4.78, 5) is 32.3. The van der Waals surface area contributed by atoms with Gasteiger partial charge in [-0.3, -0.25) is 9.59 Å². The Kier molecular flexibility index (Phi) is 5.99. The zero-order valence-corrected chi connectivity index (χ0v) is 15.9. The minimum atomic E-state index is -0.943. The monoisotopic (exact) mass is 377 g/mol. The lowest BCUT2D eigenvalue weighted by molar-refractivity contribution is -0.141. The van der Waals surface area contributed by atoms with Crippen LogP contribution in [0.15, 0.2) is 55.0 Å². The summed E-state index contributed by atoms with van der Waals surface area (Å²) < 4.78 is 0. The summed E-state index contributed by atoms with van der Waals surface area (Å²) >= 11 is 0. The number of nitrogens with zero attached hydrogens (tertiary/aromatic N) is 2. The molecule has 0 fully saturated rings. The third-order valence-corrected chi connectivity index (χ3v) is 4.69. The first-order valence-electron chi connectivity index (χ1n) is 9.24. The zero-order chi connectivity index (χ0) is 20.1. The van der Waals surface area contributed by atoms with E-state index in [2.05, 4.69) is 15.3 Å². The lowest BCUT2D eigenvalue weighted by Gasteiger charge is -2.15. The van der Waals surface area contributed by atoms with Crippen LogP contribution in [0, 0.1) is 5.92 Å². The lowest BCUT2D eigenvalue weighted by atomic mass is 9.97. The number of hydrogen-bond donors (Lipinski definition) is 2. The van der Waals surface area contributed by atoms with E-state index in [0.717, 1.165) is 16.3 Å². The Labute approximate surface area is 163 Å². The number of aliphatic carboxylic acids is 1. The molecule has 0 aliphatic rings. The molecule has 0 aliphatic heterocycles. The molecule has 6 nitrogen and oxygen atoms in total. The molecule has 1 aromatic heterocycles. The Morgan fingerprint density at radius 3 is 2.57 bits per heavy atom. The third kappa shape index (κ3) is 4.52. The molecule has 2 aromatic carbocycles. The van der Waals surface area contributed by atoms with E-state index in [4.69, 9.17) is 0 Å². The van der Waals surface area contributed by atoms with Gasteiger partial charge in [0.25, 0.3) is 5.91 Å². The molecule has 0 aliphatic carbocycles. The van der Waals surface area contributed by atoms with Crippen LogP contribution in [0.2, 0.25) is 0 Å². The van der Waals surface area contributed by atoms with Crippen molar-refractivity contribution in [2.75, 3.05) is 6.54 Å². The molecule has 1 amide bonds. The van der Waals surface area contributed by atoms with Crippen molar-refractivity contribution in [1.29, 1.82) is 0 Å². The second kappa shape index (κ2) is 8.61. The van der Waals surface area contributed by atoms with Gasteiger partial charge in [-0.25, -0.2) is 9.97 Å². The largest absolute Gasteiger partial charge is 0.481 e. The van der Waals surface area contributed by atoms with Gasteiger partial charge in [-0.05, 0) is 28.7 Å². The van der Waals surface area contributed by atoms with Crippen molar-refractivity contribution < 1.29 is 14.7 Å². The van der Waals surface area contributed by atoms with Gasteiger partial charge in [0.15, 0.2) is 0 Å². The predicted molar refractivity (Wildman–Crippen MR) is 107 cm³/mol. The van der Waals surface area contributed by atoms with Gasteiger partial charge in [0.05, 0.1) is 17.2 Å². The first-order valence-corrected chi connectivity index (χ1v) is 9.24. The fraction of sp³-hybridized carbons (Fsp3) is 0.273. The van der Waals surface area contributed by atoms with Crippen molar-refractivity contribution in [3.05, 3.63) is 71.8 Å². The summed E-state index contributed by atoms with van der Waals surface area (Å²) in [5.41, 5.74) is 1.95. The lowest BCUT2D eigenvalue weighted by Crippen LogP contribution is -2.34. The number of carbonyl (C=O) groups is 2. The van der Waals surface area contributed by atoms with E-state index in [1.165, 1.54) is 12.5 Å². The van der Waals surface area contributed by atoms with Crippen LogP contribution >= 0.6 is 0 Å². The number of amides is 1. The molecule has 1 unspecified atom stereocenters. The van der Waals surface area contributed by atoms with Crippen LogP contribution in [0.1, 0.15) is 41.4 Å². The molecule has 3 rings (SSSR count). The summed E-state index contributed by atoms with van der Waals surface area (Å²) in [5.74, 6) is -1.95. The summed E-state index contributed by atoms with van der Waals surface area (Å²) in [6, 6.07) is 13.8. The van der Waals surface area contributed by atoms with Crippen molar-refractivity contribution in [3.63, 3.8) is 0 Å². The van der Waals surface area contributed by atoms with Gasteiger partial charge in [-0.2, -0.15) is 0 Å². The number of hydrogen-bond acceptors (Lipinski definition) is 4. The third-order valence-electron chi connectivity index (χ3n) is 4.69. The number of rotatable bonds is 7. The van der Waals surface area contributed by atoms with E-state index >= 15 is 0 Å². The van der Waals surface area contributed by atoms with Crippen LogP contribution in [0.3, 0.4) is 0 Å². The number of carbonyl (C=O) groups excluding carboxylic acids is 1. The van der Waals surface area contributed by atoms with Gasteiger partial charge in [-0.15, -0.1) is 0 Å². The van der Waals surface area contributed by atoms with Crippen molar-refractivity contribution in [1.82, 2.24) is 15.3 Å². The molecule has 6 heteroatoms. The number of aromatic nitrogens is 2. The van der Waals surface area contributed by atoms with Crippen molar-refractivity contribution in [2.24, 2.45) is 5.92 Å². The van der Waals surface area contributed by atoms with E-state index < -0.39 is 11.9 Å². The maximum Gasteiger partial charge on any atom is 0.308 e. The molecule has 0 saturated heterocycles. The summed E-state index contributed by atoms with van der Waals surface area (Å²) in [7, 11) is 0. The molecule has 1 atom stereocenters. The maximum atomic E-state index is 12.5. The molecule has 0 spiro atoms. The van der Waals surface area contributed by atoms with E-state index in [-0.39, 0.29) is 18.4 Å². The van der Waals surface area contributed by atoms with Gasteiger partial charge in [0.1, 0.15) is 6.33 Å². The number of carboxylic acid groups (broad SMARTS) is 1. The smallest absolute Gasteiger partial charge is 0.308 e. The topological polar surface area (TPSA) is 92.2 Å². The van der Waals surface area contributed by atoms with Crippen LogP contribution in [0.5, 0.6) is 0 Å². The molecule has 0 radical (unpaired) electrons. The van der Waals surface area contributed by atoms with E-state index in [1.807, 2.05) is 56.3 Å². The molecule has 2 N–H and O–H groups in total. The molecule has 1 heterocycles. The Morgan fingerprint density at radius 1 is 1.11 bits per heavy atom. The second-order valence-corrected chi connectivity index (χ2v) is 7.11. The molecular weight excluding hydrogens is 354 g/mol. The quantitative estimate of drug-likeness (QED) is 0.658. The molecule has 144 valence electrons. The average Bonchev–Trinajstić information content (AvgIpc) is 2.70. The average molecular weight is 377 g/mol. The fourth-order valence-corrected chi connectivity index (χ4v) is 3.18. The minimum absolute atomic E-state index is 0.0351. The Hall–Kier alpha value is -3.28. The first kappa shape index (κ1) is 19.5. The highest BCUT2D eigenvalue weighted by Crippen LogP contribution is 2.19. The molecule has 0 saturated carbocycles. The summed E-state index contributed by atoms with van der Waals surface area (Å²) in [5, 5.41) is 14.5. The van der Waals surface area contributed by atoms with E-state index in [0.29, 0.717) is 17.7 Å². The maximum absolute atomic E-state index is 12.5. The summed E-state index contributed by atoms with van der Waals surface area (Å²) in [6.07, 6.45) is 3.21. The Bertz CT molecular complexity index is 1000. The number of fused-ring (bicyclic) bond motifs is 1. The van der Waals surface area contributed by atoms with E-state index in [1.54, 1.807) is 0 Å². The summed E-state index contributed by atoms with van der Waals surface area (Å²) in [6.45, 7) is 3.92. The fourth-order valence-electron chi connectivity index (χ4n) is 3.18. The highest BCUT2D eigenvalue weighted by molar-refractivity contribution is 5.95. The first-order chi connectivity index (χ1) is 13.5. The molecular formula is C22H23N3O3. The molecule has 3 aromatic rings. The van der Waals surface area contributed by atoms with Crippen LogP contribution in [-0.4, -0.2) is 33.5 Å². The van der Waals surface area contributed by atoms with Crippen LogP contribution in [-0.2, 0) is 11.2 Å². The number of nitrogens with one attached hydrogen (secondary N) is 1. The van der Waals surface area contributed by atoms with Crippen molar-refractivity contribution in [3.8, 4) is 0 Å². The van der Waals surface area contributed by atoms with E-state index in [9.17, 15) is 14.7 Å². The predicted octanol–water partition coefficient (Wildman–Crippen LogP) is 3.43. The molecule has 0 bridgehead atoms. The highest BCUT2D eigenvalue weighted by atomic mass is 16.4. The Balaban J connectivity index is 1.71. The normalized spacial score (nSPS) is 12.1. The zero-order valence-electron chi connectivity index (χ0n) is 15.9. The second-order valence-electron chi connectivity index (χ2n) is 7.11. The van der Waals surface area contributed by atoms with Gasteiger partial charge < -0.3 is 10.4 Å². The van der Waals surface area contributed by atoms with Gasteiger partial charge in [-0.1, -0.05) is 56.3 Å². The number of carboxylic acids is 1. The highest BCUT2D eigenvalue weighted by Gasteiger charge is 2.21. The molecule has 28 heavy (non-hydrogen) atoms. The van der Waals surface area contributed by atoms with Crippen molar-refractivity contribution >= 4 is 22.6 Å². The standard InChI is InChI=1S/C22H23N3O3/c1-14(2)20-19(12-23-13-25-20)21(26)24-11-18(22(27)28)10-15-7-8-16-5-3-4-6-17(16)9-15/h3-9,12-14,18H,10-11H2,1-2H3,(H,24,26)(H,27,28). The number of benzene rings is 2. The SMILES string of the molecule is CC(C)c1ncncc1C(=O)NCC(Cc1ccc2ccccc2c1)C(=O)O. The van der Waals surface area contributed by atoms with Gasteiger partial charge >= 0.3 is 5.97 Å².